The van der Waals surface area contributed by atoms with Crippen molar-refractivity contribution in [3.8, 4) is 6.07 Å². The third-order valence-electron chi connectivity index (χ3n) is 1.87. The van der Waals surface area contributed by atoms with E-state index in [-0.39, 0.29) is 0 Å². The van der Waals surface area contributed by atoms with Gasteiger partial charge in [-0.1, -0.05) is 6.08 Å². The van der Waals surface area contributed by atoms with Crippen LogP contribution in [0.2, 0.25) is 0 Å². The lowest BCUT2D eigenvalue weighted by molar-refractivity contribution is 1.25. The van der Waals surface area contributed by atoms with Crippen LogP contribution in [-0.4, -0.2) is 7.05 Å². The second-order valence-electron chi connectivity index (χ2n) is 2.73. The quantitative estimate of drug-likeness (QED) is 0.710. The molecule has 2 nitrogen and oxygen atoms in total. The van der Waals surface area contributed by atoms with Crippen LogP contribution < -0.4 is 5.32 Å². The molecule has 0 radical (unpaired) electrons. The summed E-state index contributed by atoms with van der Waals surface area (Å²) >= 11 is 0. The second-order valence-corrected chi connectivity index (χ2v) is 2.73. The SMILES string of the molecule is C=CCc1cc(C#N)ccc1NC. The number of benzene rings is 1. The molecule has 1 aromatic rings. The predicted molar refractivity (Wildman–Crippen MR) is 54.6 cm³/mol. The van der Waals surface area contributed by atoms with Gasteiger partial charge in [-0.2, -0.15) is 5.26 Å². The molecule has 1 rings (SSSR count). The van der Waals surface area contributed by atoms with Gasteiger partial charge in [0.15, 0.2) is 0 Å². The maximum Gasteiger partial charge on any atom is 0.0991 e. The van der Waals surface area contributed by atoms with Crippen LogP contribution >= 0.6 is 0 Å². The fourth-order valence-electron chi connectivity index (χ4n) is 1.23. The minimum atomic E-state index is 0.691. The van der Waals surface area contributed by atoms with Gasteiger partial charge in [0.2, 0.25) is 0 Å². The molecule has 0 atom stereocenters. The van der Waals surface area contributed by atoms with Crippen molar-refractivity contribution in [1.82, 2.24) is 0 Å². The molecule has 0 amide bonds. The number of nitrogens with zero attached hydrogens (tertiary/aromatic N) is 1. The molecule has 0 spiro atoms. The number of nitriles is 1. The summed E-state index contributed by atoms with van der Waals surface area (Å²) in [5.41, 5.74) is 2.85. The molecular weight excluding hydrogens is 160 g/mol. The highest BCUT2D eigenvalue weighted by Gasteiger charge is 1.99. The van der Waals surface area contributed by atoms with Crippen LogP contribution in [0.15, 0.2) is 30.9 Å². The van der Waals surface area contributed by atoms with Gasteiger partial charge in [-0.15, -0.1) is 6.58 Å². The number of hydrogen-bond donors (Lipinski definition) is 1. The molecule has 1 N–H and O–H groups in total. The zero-order valence-corrected chi connectivity index (χ0v) is 7.67. The standard InChI is InChI=1S/C11H12N2/c1-3-4-10-7-9(8-12)5-6-11(10)13-2/h3,5-7,13H,1,4H2,2H3. The van der Waals surface area contributed by atoms with E-state index in [4.69, 9.17) is 5.26 Å². The van der Waals surface area contributed by atoms with Crippen LogP contribution in [0.4, 0.5) is 5.69 Å². The first-order valence-electron chi connectivity index (χ1n) is 4.13. The Balaban J connectivity index is 3.11. The summed E-state index contributed by atoms with van der Waals surface area (Å²) in [7, 11) is 1.87. The van der Waals surface area contributed by atoms with Gasteiger partial charge in [-0.3, -0.25) is 0 Å². The second kappa shape index (κ2) is 4.32. The lowest BCUT2D eigenvalue weighted by Crippen LogP contribution is -1.94. The number of anilines is 1. The Labute approximate surface area is 78.5 Å². The van der Waals surface area contributed by atoms with Crippen molar-refractivity contribution in [2.24, 2.45) is 0 Å². The van der Waals surface area contributed by atoms with Crippen molar-refractivity contribution in [3.05, 3.63) is 42.0 Å². The Morgan fingerprint density at radius 3 is 2.92 bits per heavy atom. The molecule has 0 fully saturated rings. The van der Waals surface area contributed by atoms with E-state index < -0.39 is 0 Å². The first kappa shape index (κ1) is 9.34. The molecule has 1 aromatic carbocycles. The minimum absolute atomic E-state index is 0.691. The number of hydrogen-bond acceptors (Lipinski definition) is 2. The summed E-state index contributed by atoms with van der Waals surface area (Å²) in [5.74, 6) is 0. The van der Waals surface area contributed by atoms with E-state index in [2.05, 4.69) is 18.0 Å². The smallest absolute Gasteiger partial charge is 0.0991 e. The highest BCUT2D eigenvalue weighted by molar-refractivity contribution is 5.54. The lowest BCUT2D eigenvalue weighted by atomic mass is 10.1. The summed E-state index contributed by atoms with van der Waals surface area (Å²) in [6.07, 6.45) is 2.61. The van der Waals surface area contributed by atoms with Crippen LogP contribution in [0.5, 0.6) is 0 Å². The molecule has 2 heteroatoms. The van der Waals surface area contributed by atoms with E-state index in [1.165, 1.54) is 0 Å². The van der Waals surface area contributed by atoms with Crippen molar-refractivity contribution in [1.29, 1.82) is 5.26 Å². The minimum Gasteiger partial charge on any atom is -0.388 e. The fourth-order valence-corrected chi connectivity index (χ4v) is 1.23. The molecule has 0 aromatic heterocycles. The van der Waals surface area contributed by atoms with Gasteiger partial charge >= 0.3 is 0 Å². The zero-order chi connectivity index (χ0) is 9.68. The van der Waals surface area contributed by atoms with Crippen molar-refractivity contribution in [2.75, 3.05) is 12.4 Å². The highest BCUT2D eigenvalue weighted by atomic mass is 14.8. The fraction of sp³-hybridized carbons (Fsp3) is 0.182. The van der Waals surface area contributed by atoms with Gasteiger partial charge < -0.3 is 5.32 Å². The average Bonchev–Trinajstić information content (AvgIpc) is 2.18. The van der Waals surface area contributed by atoms with Gasteiger partial charge in [-0.25, -0.2) is 0 Å². The van der Waals surface area contributed by atoms with Crippen LogP contribution in [0.3, 0.4) is 0 Å². The molecule has 0 aliphatic carbocycles. The molecule has 13 heavy (non-hydrogen) atoms. The molecule has 0 bridgehead atoms. The Kier molecular flexibility index (Phi) is 3.10. The number of allylic oxidation sites excluding steroid dienone is 1. The summed E-state index contributed by atoms with van der Waals surface area (Å²) in [6, 6.07) is 7.72. The molecule has 66 valence electrons. The van der Waals surface area contributed by atoms with Gasteiger partial charge in [0.05, 0.1) is 11.6 Å². The third-order valence-corrected chi connectivity index (χ3v) is 1.87. The van der Waals surface area contributed by atoms with E-state index in [0.717, 1.165) is 17.7 Å². The van der Waals surface area contributed by atoms with Gasteiger partial charge in [0.25, 0.3) is 0 Å². The van der Waals surface area contributed by atoms with Crippen LogP contribution in [0, 0.1) is 11.3 Å². The van der Waals surface area contributed by atoms with Crippen molar-refractivity contribution >= 4 is 5.69 Å². The van der Waals surface area contributed by atoms with Crippen molar-refractivity contribution in [3.63, 3.8) is 0 Å². The normalized spacial score (nSPS) is 8.92. The lowest BCUT2D eigenvalue weighted by Gasteiger charge is -2.06. The third kappa shape index (κ3) is 2.09. The van der Waals surface area contributed by atoms with Gasteiger partial charge in [0, 0.05) is 12.7 Å². The summed E-state index contributed by atoms with van der Waals surface area (Å²) in [6.45, 7) is 3.68. The van der Waals surface area contributed by atoms with E-state index in [0.29, 0.717) is 5.56 Å². The molecular formula is C11H12N2. The summed E-state index contributed by atoms with van der Waals surface area (Å²) in [5, 5.41) is 11.8. The Hall–Kier alpha value is -1.75. The molecule has 0 saturated heterocycles. The number of rotatable bonds is 3. The molecule has 0 saturated carbocycles. The van der Waals surface area contributed by atoms with Gasteiger partial charge in [0.1, 0.15) is 0 Å². The van der Waals surface area contributed by atoms with E-state index >= 15 is 0 Å². The van der Waals surface area contributed by atoms with Gasteiger partial charge in [-0.05, 0) is 30.2 Å². The monoisotopic (exact) mass is 172 g/mol. The topological polar surface area (TPSA) is 35.8 Å². The molecule has 0 aliphatic rings. The van der Waals surface area contributed by atoms with Crippen LogP contribution in [0.25, 0.3) is 0 Å². The first-order valence-corrected chi connectivity index (χ1v) is 4.13. The molecule has 0 unspecified atom stereocenters. The van der Waals surface area contributed by atoms with E-state index in [9.17, 15) is 0 Å². The van der Waals surface area contributed by atoms with Crippen LogP contribution in [0.1, 0.15) is 11.1 Å². The predicted octanol–water partition coefficient (Wildman–Crippen LogP) is 2.33. The summed E-state index contributed by atoms with van der Waals surface area (Å²) < 4.78 is 0. The molecule has 0 heterocycles. The van der Waals surface area contributed by atoms with Crippen molar-refractivity contribution < 1.29 is 0 Å². The molecule has 0 aliphatic heterocycles. The highest BCUT2D eigenvalue weighted by Crippen LogP contribution is 2.17. The van der Waals surface area contributed by atoms with Crippen molar-refractivity contribution in [2.45, 2.75) is 6.42 Å². The number of nitrogens with one attached hydrogen (secondary N) is 1. The van der Waals surface area contributed by atoms with E-state index in [1.54, 1.807) is 6.07 Å². The maximum atomic E-state index is 8.70. The van der Waals surface area contributed by atoms with E-state index in [1.807, 2.05) is 25.3 Å². The Bertz CT molecular complexity index is 348. The zero-order valence-electron chi connectivity index (χ0n) is 7.67. The largest absolute Gasteiger partial charge is 0.388 e. The first-order chi connectivity index (χ1) is 6.31. The Morgan fingerprint density at radius 1 is 1.62 bits per heavy atom. The maximum absolute atomic E-state index is 8.70. The summed E-state index contributed by atoms with van der Waals surface area (Å²) in [4.78, 5) is 0. The Morgan fingerprint density at radius 2 is 2.38 bits per heavy atom. The average molecular weight is 172 g/mol. The van der Waals surface area contributed by atoms with Crippen LogP contribution in [-0.2, 0) is 6.42 Å².